The number of hydrogen-bond acceptors (Lipinski definition) is 1. The van der Waals surface area contributed by atoms with E-state index < -0.39 is 0 Å². The van der Waals surface area contributed by atoms with Gasteiger partial charge in [0.25, 0.3) is 0 Å². The highest BCUT2D eigenvalue weighted by atomic mass is 15.2. The van der Waals surface area contributed by atoms with Crippen LogP contribution in [0.25, 0.3) is 0 Å². The van der Waals surface area contributed by atoms with Crippen molar-refractivity contribution < 1.29 is 0 Å². The lowest BCUT2D eigenvalue weighted by Gasteiger charge is -2.27. The number of benzene rings is 2. The minimum absolute atomic E-state index is 0.112. The number of fused-ring (bicyclic) bond motifs is 2. The van der Waals surface area contributed by atoms with Crippen molar-refractivity contribution in [2.24, 2.45) is 5.73 Å². The van der Waals surface area contributed by atoms with Crippen LogP contribution in [0.15, 0.2) is 36.4 Å². The molecular formula is C19H21N3. The van der Waals surface area contributed by atoms with Gasteiger partial charge >= 0.3 is 0 Å². The van der Waals surface area contributed by atoms with Gasteiger partial charge in [-0.1, -0.05) is 24.3 Å². The largest absolute Gasteiger partial charge is 0.369 e. The van der Waals surface area contributed by atoms with Crippen LogP contribution in [0.2, 0.25) is 0 Å². The van der Waals surface area contributed by atoms with E-state index in [1.165, 1.54) is 35.1 Å². The fourth-order valence-corrected chi connectivity index (χ4v) is 4.01. The van der Waals surface area contributed by atoms with Gasteiger partial charge < -0.3 is 5.73 Å². The number of guanidine groups is 1. The summed E-state index contributed by atoms with van der Waals surface area (Å²) in [6, 6.07) is 12.8. The second-order valence-electron chi connectivity index (χ2n) is 6.26. The Morgan fingerprint density at radius 3 is 1.77 bits per heavy atom. The Labute approximate surface area is 131 Å². The minimum Gasteiger partial charge on any atom is -0.369 e. The third-order valence-electron chi connectivity index (χ3n) is 4.97. The van der Waals surface area contributed by atoms with Crippen LogP contribution < -0.4 is 10.6 Å². The van der Waals surface area contributed by atoms with Crippen molar-refractivity contribution in [1.82, 2.24) is 0 Å². The van der Waals surface area contributed by atoms with Crippen LogP contribution >= 0.6 is 0 Å². The van der Waals surface area contributed by atoms with Crippen LogP contribution in [0, 0.1) is 5.41 Å². The third kappa shape index (κ3) is 2.00. The van der Waals surface area contributed by atoms with Gasteiger partial charge in [-0.25, -0.2) is 0 Å². The Morgan fingerprint density at radius 2 is 1.32 bits per heavy atom. The molecule has 0 fully saturated rings. The Hall–Kier alpha value is -2.29. The standard InChI is InChI=1S/C19H21N3/c20-19(21)22(17-11-3-7-13-5-1-9-15(13)17)18-12-4-8-14-6-2-10-16(14)18/h3-4,7-8,11-12H,1-2,5-6,9-10H2,(H3,20,21). The fourth-order valence-electron chi connectivity index (χ4n) is 4.01. The first kappa shape index (κ1) is 13.4. The summed E-state index contributed by atoms with van der Waals surface area (Å²) in [6.07, 6.45) is 6.86. The quantitative estimate of drug-likeness (QED) is 0.655. The summed E-state index contributed by atoms with van der Waals surface area (Å²) >= 11 is 0. The van der Waals surface area contributed by atoms with E-state index in [0.717, 1.165) is 37.1 Å². The van der Waals surface area contributed by atoms with Gasteiger partial charge in [-0.3, -0.25) is 10.3 Å². The summed E-state index contributed by atoms with van der Waals surface area (Å²) < 4.78 is 0. The van der Waals surface area contributed by atoms with E-state index in [0.29, 0.717) is 0 Å². The van der Waals surface area contributed by atoms with Crippen LogP contribution in [0.5, 0.6) is 0 Å². The van der Waals surface area contributed by atoms with Crippen LogP contribution in [-0.2, 0) is 25.7 Å². The summed E-state index contributed by atoms with van der Waals surface area (Å²) in [5.41, 5.74) is 13.8. The first-order valence-electron chi connectivity index (χ1n) is 8.11. The second kappa shape index (κ2) is 5.16. The summed E-state index contributed by atoms with van der Waals surface area (Å²) in [6.45, 7) is 0. The summed E-state index contributed by atoms with van der Waals surface area (Å²) in [5.74, 6) is 0.112. The van der Waals surface area contributed by atoms with Gasteiger partial charge in [0, 0.05) is 0 Å². The Morgan fingerprint density at radius 1 is 0.818 bits per heavy atom. The topological polar surface area (TPSA) is 53.1 Å². The normalized spacial score (nSPS) is 15.5. The molecule has 4 rings (SSSR count). The zero-order chi connectivity index (χ0) is 15.1. The molecule has 2 aromatic carbocycles. The van der Waals surface area contributed by atoms with Gasteiger partial charge in [0.1, 0.15) is 0 Å². The van der Waals surface area contributed by atoms with Crippen molar-refractivity contribution in [1.29, 1.82) is 5.41 Å². The van der Waals surface area contributed by atoms with Crippen molar-refractivity contribution in [2.75, 3.05) is 4.90 Å². The summed E-state index contributed by atoms with van der Waals surface area (Å²) in [4.78, 5) is 1.95. The van der Waals surface area contributed by atoms with E-state index in [1.807, 2.05) is 4.90 Å². The minimum atomic E-state index is 0.112. The van der Waals surface area contributed by atoms with E-state index >= 15 is 0 Å². The smallest absolute Gasteiger partial charge is 0.197 e. The second-order valence-corrected chi connectivity index (χ2v) is 6.26. The van der Waals surface area contributed by atoms with Gasteiger partial charge in [-0.05, 0) is 72.9 Å². The average molecular weight is 291 g/mol. The number of anilines is 2. The first-order valence-corrected chi connectivity index (χ1v) is 8.11. The lowest BCUT2D eigenvalue weighted by atomic mass is 10.0. The van der Waals surface area contributed by atoms with Crippen molar-refractivity contribution in [3.05, 3.63) is 58.7 Å². The molecule has 0 unspecified atom stereocenters. The predicted molar refractivity (Wildman–Crippen MR) is 91.0 cm³/mol. The molecule has 0 radical (unpaired) electrons. The van der Waals surface area contributed by atoms with Crippen LogP contribution in [0.1, 0.15) is 35.1 Å². The molecule has 0 heterocycles. The molecule has 3 nitrogen and oxygen atoms in total. The van der Waals surface area contributed by atoms with Gasteiger partial charge in [0.2, 0.25) is 0 Å². The molecule has 0 amide bonds. The maximum atomic E-state index is 8.16. The van der Waals surface area contributed by atoms with E-state index in [2.05, 4.69) is 36.4 Å². The van der Waals surface area contributed by atoms with Crippen molar-refractivity contribution in [3.8, 4) is 0 Å². The van der Waals surface area contributed by atoms with Gasteiger partial charge in [-0.15, -0.1) is 0 Å². The lowest BCUT2D eigenvalue weighted by Crippen LogP contribution is -2.33. The maximum Gasteiger partial charge on any atom is 0.197 e. The Balaban J connectivity index is 1.89. The zero-order valence-electron chi connectivity index (χ0n) is 12.7. The van der Waals surface area contributed by atoms with E-state index in [1.54, 1.807) is 0 Å². The summed E-state index contributed by atoms with van der Waals surface area (Å²) in [5, 5.41) is 8.16. The number of rotatable bonds is 2. The Bertz CT molecular complexity index is 691. The molecular weight excluding hydrogens is 270 g/mol. The fraction of sp³-hybridized carbons (Fsp3) is 0.316. The molecule has 2 aromatic rings. The summed E-state index contributed by atoms with van der Waals surface area (Å²) in [7, 11) is 0. The van der Waals surface area contributed by atoms with Gasteiger partial charge in [-0.2, -0.15) is 0 Å². The number of hydrogen-bond donors (Lipinski definition) is 2. The molecule has 0 aromatic heterocycles. The number of nitrogens with two attached hydrogens (primary N) is 1. The van der Waals surface area contributed by atoms with Gasteiger partial charge in [0.15, 0.2) is 5.96 Å². The van der Waals surface area contributed by atoms with Crippen molar-refractivity contribution in [2.45, 2.75) is 38.5 Å². The monoisotopic (exact) mass is 291 g/mol. The van der Waals surface area contributed by atoms with E-state index in [-0.39, 0.29) is 5.96 Å². The molecule has 2 aliphatic carbocycles. The first-order chi connectivity index (χ1) is 10.8. The highest BCUT2D eigenvalue weighted by molar-refractivity contribution is 6.01. The number of aryl methyl sites for hydroxylation is 2. The van der Waals surface area contributed by atoms with E-state index in [9.17, 15) is 0 Å². The molecule has 112 valence electrons. The van der Waals surface area contributed by atoms with Crippen LogP contribution in [-0.4, -0.2) is 5.96 Å². The lowest BCUT2D eigenvalue weighted by molar-refractivity contribution is 0.908. The molecule has 0 spiro atoms. The van der Waals surface area contributed by atoms with Crippen LogP contribution in [0.4, 0.5) is 11.4 Å². The molecule has 0 saturated carbocycles. The molecule has 0 saturated heterocycles. The molecule has 0 aliphatic heterocycles. The molecule has 3 N–H and O–H groups in total. The SMILES string of the molecule is N=C(N)N(c1cccc2c1CCC2)c1cccc2c1CCC2. The van der Waals surface area contributed by atoms with Gasteiger partial charge in [0.05, 0.1) is 11.4 Å². The number of nitrogens with zero attached hydrogens (tertiary/aromatic N) is 1. The van der Waals surface area contributed by atoms with Crippen molar-refractivity contribution >= 4 is 17.3 Å². The average Bonchev–Trinajstić information content (AvgIpc) is 3.16. The molecule has 2 aliphatic rings. The highest BCUT2D eigenvalue weighted by Crippen LogP contribution is 2.39. The van der Waals surface area contributed by atoms with E-state index in [4.69, 9.17) is 11.1 Å². The highest BCUT2D eigenvalue weighted by Gasteiger charge is 2.25. The maximum absolute atomic E-state index is 8.16. The Kier molecular flexibility index (Phi) is 3.14. The van der Waals surface area contributed by atoms with Crippen molar-refractivity contribution in [3.63, 3.8) is 0 Å². The molecule has 0 atom stereocenters. The molecule has 22 heavy (non-hydrogen) atoms. The predicted octanol–water partition coefficient (Wildman–Crippen LogP) is 3.70. The van der Waals surface area contributed by atoms with Crippen LogP contribution in [0.3, 0.4) is 0 Å². The third-order valence-corrected chi connectivity index (χ3v) is 4.97. The zero-order valence-corrected chi connectivity index (χ0v) is 12.7. The molecule has 0 bridgehead atoms. The molecule has 3 heteroatoms. The number of nitrogens with one attached hydrogen (secondary N) is 1.